The van der Waals surface area contributed by atoms with Crippen molar-refractivity contribution >= 4 is 43.2 Å². The van der Waals surface area contributed by atoms with Gasteiger partial charge in [-0.15, -0.1) is 11.3 Å². The Hall–Kier alpha value is -2.27. The second-order valence-corrected chi connectivity index (χ2v) is 12.8. The number of hydrogen-bond acceptors (Lipinski definition) is 6. The largest absolute Gasteiger partial charge is 0.486 e. The van der Waals surface area contributed by atoms with Gasteiger partial charge in [-0.3, -0.25) is 4.79 Å². The smallest absolute Gasteiger partial charge is 0.270 e. The third-order valence-electron chi connectivity index (χ3n) is 6.20. The molecule has 10 heteroatoms. The van der Waals surface area contributed by atoms with Gasteiger partial charge in [0, 0.05) is 21.9 Å². The molecule has 192 valence electrons. The molecule has 2 N–H and O–H groups in total. The zero-order valence-electron chi connectivity index (χ0n) is 20.2. The third-order valence-corrected chi connectivity index (χ3v) is 9.09. The van der Waals surface area contributed by atoms with Gasteiger partial charge in [0.1, 0.15) is 23.1 Å². The van der Waals surface area contributed by atoms with Crippen LogP contribution in [0.3, 0.4) is 0 Å². The fourth-order valence-electron chi connectivity index (χ4n) is 4.09. The fraction of sp³-hybridized carbons (Fsp3) is 0.385. The minimum absolute atomic E-state index is 0.00759. The van der Waals surface area contributed by atoms with Crippen LogP contribution in [0.4, 0.5) is 0 Å². The lowest BCUT2D eigenvalue weighted by Gasteiger charge is -2.29. The van der Waals surface area contributed by atoms with E-state index in [0.717, 1.165) is 15.2 Å². The van der Waals surface area contributed by atoms with Gasteiger partial charge in [0.15, 0.2) is 0 Å². The van der Waals surface area contributed by atoms with E-state index >= 15 is 0 Å². The molecule has 7 nitrogen and oxygen atoms in total. The van der Waals surface area contributed by atoms with Gasteiger partial charge < -0.3 is 10.1 Å². The standard InChI is InChI=1S/C26H30BrN3O4S2/c1-17(2)18-3-11-22(12-4-18)34-15-25-29-24(16-35-25)26(31)28-20-7-9-21(10-8-20)30-36(32,33)23-13-5-19(27)6-14-23/h3-6,11-14,16-17,20-21,30H,7-10,15H2,1-2H3,(H,28,31). The Bertz CT molecular complexity index is 1270. The summed E-state index contributed by atoms with van der Waals surface area (Å²) in [4.78, 5) is 17.4. The van der Waals surface area contributed by atoms with Crippen molar-refractivity contribution < 1.29 is 17.9 Å². The number of thiazole rings is 1. The van der Waals surface area contributed by atoms with Crippen LogP contribution in [0, 0.1) is 0 Å². The lowest BCUT2D eigenvalue weighted by molar-refractivity contribution is 0.0920. The number of halogens is 1. The topological polar surface area (TPSA) is 97.4 Å². The number of hydrogen-bond donors (Lipinski definition) is 2. The number of rotatable bonds is 9. The summed E-state index contributed by atoms with van der Waals surface area (Å²) in [7, 11) is -3.57. The number of nitrogens with one attached hydrogen (secondary N) is 2. The second-order valence-electron chi connectivity index (χ2n) is 9.24. The highest BCUT2D eigenvalue weighted by Gasteiger charge is 2.27. The highest BCUT2D eigenvalue weighted by atomic mass is 79.9. The summed E-state index contributed by atoms with van der Waals surface area (Å²) in [5.41, 5.74) is 1.64. The van der Waals surface area contributed by atoms with Gasteiger partial charge in [-0.1, -0.05) is 41.9 Å². The number of carbonyl (C=O) groups excluding carboxylic acids is 1. The fourth-order valence-corrected chi connectivity index (χ4v) is 6.35. The molecule has 0 spiro atoms. The summed E-state index contributed by atoms with van der Waals surface area (Å²) in [6, 6.07) is 14.4. The van der Waals surface area contributed by atoms with Crippen LogP contribution in [0.5, 0.6) is 5.75 Å². The summed E-state index contributed by atoms with van der Waals surface area (Å²) >= 11 is 4.71. The Labute approximate surface area is 224 Å². The summed E-state index contributed by atoms with van der Waals surface area (Å²) in [6.07, 6.45) is 2.72. The van der Waals surface area contributed by atoms with Crippen molar-refractivity contribution in [1.29, 1.82) is 0 Å². The zero-order valence-corrected chi connectivity index (χ0v) is 23.5. The van der Waals surface area contributed by atoms with Crippen LogP contribution in [0.1, 0.15) is 66.5 Å². The molecule has 3 aromatic rings. The molecular weight excluding hydrogens is 562 g/mol. The predicted octanol–water partition coefficient (Wildman–Crippen LogP) is 5.63. The van der Waals surface area contributed by atoms with Gasteiger partial charge in [-0.2, -0.15) is 0 Å². The van der Waals surface area contributed by atoms with Crippen LogP contribution in [0.2, 0.25) is 0 Å². The number of amides is 1. The minimum Gasteiger partial charge on any atom is -0.486 e. The Morgan fingerprint density at radius 2 is 1.69 bits per heavy atom. The molecule has 2 aromatic carbocycles. The third kappa shape index (κ3) is 7.15. The molecule has 0 atom stereocenters. The molecule has 1 aliphatic carbocycles. The summed E-state index contributed by atoms with van der Waals surface area (Å²) < 4.78 is 34.7. The summed E-state index contributed by atoms with van der Waals surface area (Å²) in [5.74, 6) is 1.03. The van der Waals surface area contributed by atoms with E-state index in [1.54, 1.807) is 29.6 Å². The number of carbonyl (C=O) groups is 1. The maximum atomic E-state index is 12.7. The van der Waals surface area contributed by atoms with Crippen LogP contribution in [-0.2, 0) is 16.6 Å². The van der Waals surface area contributed by atoms with Crippen molar-refractivity contribution in [3.8, 4) is 5.75 Å². The highest BCUT2D eigenvalue weighted by Crippen LogP contribution is 2.23. The number of benzene rings is 2. The van der Waals surface area contributed by atoms with Crippen molar-refractivity contribution in [1.82, 2.24) is 15.0 Å². The molecule has 0 saturated heterocycles. The monoisotopic (exact) mass is 591 g/mol. The van der Waals surface area contributed by atoms with Crippen LogP contribution >= 0.6 is 27.3 Å². The molecule has 0 bridgehead atoms. The normalized spacial score (nSPS) is 18.2. The number of ether oxygens (including phenoxy) is 1. The Morgan fingerprint density at radius 1 is 1.06 bits per heavy atom. The van der Waals surface area contributed by atoms with Crippen molar-refractivity contribution in [3.63, 3.8) is 0 Å². The molecule has 1 amide bonds. The van der Waals surface area contributed by atoms with E-state index in [1.807, 2.05) is 12.1 Å². The SMILES string of the molecule is CC(C)c1ccc(OCc2nc(C(=O)NC3CCC(NS(=O)(=O)c4ccc(Br)cc4)CC3)cs2)cc1. The van der Waals surface area contributed by atoms with E-state index in [-0.39, 0.29) is 22.9 Å². The number of aromatic nitrogens is 1. The van der Waals surface area contributed by atoms with E-state index in [9.17, 15) is 13.2 Å². The molecule has 0 aliphatic heterocycles. The summed E-state index contributed by atoms with van der Waals surface area (Å²) in [5, 5.41) is 5.52. The van der Waals surface area contributed by atoms with Crippen molar-refractivity contribution in [2.45, 2.75) is 69.0 Å². The van der Waals surface area contributed by atoms with E-state index in [0.29, 0.717) is 43.9 Å². The first-order valence-corrected chi connectivity index (χ1v) is 15.1. The second kappa shape index (κ2) is 11.9. The highest BCUT2D eigenvalue weighted by molar-refractivity contribution is 9.10. The number of nitrogens with zero attached hydrogens (tertiary/aromatic N) is 1. The Balaban J connectivity index is 1.23. The Morgan fingerprint density at radius 3 is 2.33 bits per heavy atom. The van der Waals surface area contributed by atoms with Crippen molar-refractivity contribution in [2.75, 3.05) is 0 Å². The molecule has 1 aromatic heterocycles. The lowest BCUT2D eigenvalue weighted by Crippen LogP contribution is -2.43. The quantitative estimate of drug-likeness (QED) is 0.336. The average molecular weight is 593 g/mol. The lowest BCUT2D eigenvalue weighted by atomic mass is 9.92. The van der Waals surface area contributed by atoms with Gasteiger partial charge in [-0.05, 0) is 73.6 Å². The van der Waals surface area contributed by atoms with Crippen molar-refractivity contribution in [3.05, 3.63) is 74.6 Å². The number of sulfonamides is 1. The van der Waals surface area contributed by atoms with E-state index in [4.69, 9.17) is 4.74 Å². The maximum Gasteiger partial charge on any atom is 0.270 e. The maximum absolute atomic E-state index is 12.7. The van der Waals surface area contributed by atoms with E-state index < -0.39 is 10.0 Å². The van der Waals surface area contributed by atoms with Crippen LogP contribution in [0.25, 0.3) is 0 Å². The van der Waals surface area contributed by atoms with Crippen LogP contribution in [0.15, 0.2) is 63.3 Å². The Kier molecular flexibility index (Phi) is 8.82. The molecule has 1 heterocycles. The molecule has 0 radical (unpaired) electrons. The first-order valence-electron chi connectivity index (χ1n) is 12.0. The van der Waals surface area contributed by atoms with Gasteiger partial charge in [-0.25, -0.2) is 18.1 Å². The molecule has 0 unspecified atom stereocenters. The van der Waals surface area contributed by atoms with Crippen LogP contribution in [-0.4, -0.2) is 31.4 Å². The average Bonchev–Trinajstić information content (AvgIpc) is 3.34. The molecule has 1 fully saturated rings. The van der Waals surface area contributed by atoms with E-state index in [2.05, 4.69) is 56.9 Å². The van der Waals surface area contributed by atoms with E-state index in [1.165, 1.54) is 16.9 Å². The zero-order chi connectivity index (χ0) is 25.7. The van der Waals surface area contributed by atoms with Crippen LogP contribution < -0.4 is 14.8 Å². The molecule has 36 heavy (non-hydrogen) atoms. The minimum atomic E-state index is -3.57. The molecule has 1 aliphatic rings. The molecule has 1 saturated carbocycles. The predicted molar refractivity (Wildman–Crippen MR) is 145 cm³/mol. The van der Waals surface area contributed by atoms with Gasteiger partial charge in [0.2, 0.25) is 10.0 Å². The molecule has 4 rings (SSSR count). The summed E-state index contributed by atoms with van der Waals surface area (Å²) in [6.45, 7) is 4.61. The first-order chi connectivity index (χ1) is 17.2. The van der Waals surface area contributed by atoms with Crippen molar-refractivity contribution in [2.24, 2.45) is 0 Å². The molecular formula is C26H30BrN3O4S2. The van der Waals surface area contributed by atoms with Gasteiger partial charge in [0.05, 0.1) is 4.90 Å². The van der Waals surface area contributed by atoms with Gasteiger partial charge >= 0.3 is 0 Å². The first kappa shape index (κ1) is 26.8. The van der Waals surface area contributed by atoms with Gasteiger partial charge in [0.25, 0.3) is 5.91 Å².